The molecule has 0 saturated heterocycles. The van der Waals surface area contributed by atoms with E-state index in [-0.39, 0.29) is 0 Å². The van der Waals surface area contributed by atoms with Crippen molar-refractivity contribution < 1.29 is 49.3 Å². The molecule has 0 fully saturated rings. The van der Waals surface area contributed by atoms with Crippen molar-refractivity contribution >= 4 is 0 Å². The zero-order valence-corrected chi connectivity index (χ0v) is 18.6. The monoisotopic (exact) mass is 521 g/mol. The number of aryl methyl sites for hydroxylation is 1. The fraction of sp³-hybridized carbons (Fsp3) is 0.292. The quantitative estimate of drug-likeness (QED) is 0.256. The number of ether oxygens (including phenoxy) is 3. The topological polar surface area (TPSA) is 40.6 Å². The Morgan fingerprint density at radius 2 is 1.31 bits per heavy atom. The predicted octanol–water partition coefficient (Wildman–Crippen LogP) is 7.72. The summed E-state index contributed by atoms with van der Waals surface area (Å²) < 4.78 is 121. The third-order valence-electron chi connectivity index (χ3n) is 4.75. The first-order chi connectivity index (χ1) is 16.8. The molecule has 2 aromatic carbocycles. The molecule has 0 saturated carbocycles. The van der Waals surface area contributed by atoms with Gasteiger partial charge in [-0.3, -0.25) is 4.98 Å². The maximum absolute atomic E-state index is 14.5. The number of rotatable bonds is 10. The molecule has 12 heteroatoms. The lowest BCUT2D eigenvalue weighted by Crippen LogP contribution is -2.25. The number of alkyl halides is 7. The number of hydrogen-bond donors (Lipinski definition) is 0. The van der Waals surface area contributed by atoms with E-state index in [0.29, 0.717) is 24.6 Å². The van der Waals surface area contributed by atoms with Crippen molar-refractivity contribution in [1.29, 1.82) is 0 Å². The summed E-state index contributed by atoms with van der Waals surface area (Å²) in [7, 11) is 0. The van der Waals surface area contributed by atoms with Gasteiger partial charge in [0.25, 0.3) is 0 Å². The van der Waals surface area contributed by atoms with Crippen LogP contribution < -0.4 is 14.2 Å². The van der Waals surface area contributed by atoms with Crippen LogP contribution in [-0.4, -0.2) is 11.3 Å². The van der Waals surface area contributed by atoms with Crippen LogP contribution in [0.5, 0.6) is 17.2 Å². The van der Waals surface area contributed by atoms with Crippen molar-refractivity contribution in [3.8, 4) is 17.2 Å². The molecule has 36 heavy (non-hydrogen) atoms. The van der Waals surface area contributed by atoms with Gasteiger partial charge >= 0.3 is 18.6 Å². The summed E-state index contributed by atoms with van der Waals surface area (Å²) in [6, 6.07) is 6.98. The van der Waals surface area contributed by atoms with Crippen LogP contribution in [0.15, 0.2) is 60.8 Å². The Balaban J connectivity index is 1.70. The highest BCUT2D eigenvalue weighted by Crippen LogP contribution is 2.37. The normalized spacial score (nSPS) is 12.4. The summed E-state index contributed by atoms with van der Waals surface area (Å²) in [5, 5.41) is 0. The second-order valence-electron chi connectivity index (χ2n) is 7.55. The molecule has 3 rings (SSSR count). The molecule has 0 aliphatic rings. The molecule has 0 aliphatic heterocycles. The van der Waals surface area contributed by atoms with Crippen molar-refractivity contribution in [2.24, 2.45) is 0 Å². The van der Waals surface area contributed by atoms with Crippen molar-refractivity contribution in [3.05, 3.63) is 83.4 Å². The van der Waals surface area contributed by atoms with Gasteiger partial charge in [-0.05, 0) is 60.9 Å². The number of benzene rings is 2. The third-order valence-corrected chi connectivity index (χ3v) is 4.75. The molecule has 1 heterocycles. The van der Waals surface area contributed by atoms with Crippen LogP contribution >= 0.6 is 0 Å². The Kier molecular flexibility index (Phi) is 7.95. The van der Waals surface area contributed by atoms with E-state index in [1.54, 1.807) is 0 Å². The molecule has 0 aliphatic carbocycles. The molecule has 3 aromatic rings. The molecule has 0 amide bonds. The first kappa shape index (κ1) is 27.0. The van der Waals surface area contributed by atoms with E-state index >= 15 is 0 Å². The van der Waals surface area contributed by atoms with E-state index in [4.69, 9.17) is 0 Å². The largest absolute Gasteiger partial charge is 0.573 e. The van der Waals surface area contributed by atoms with Crippen LogP contribution in [0, 0.1) is 5.82 Å². The SMILES string of the molecule is CCCCc1ccc(C(F)(F)Oc2ccc(C(F)(F)Oc3ccc(OC(F)(F)F)cc3)c(F)c2)nc1. The molecular formula is C24H19F8NO3. The molecular weight excluding hydrogens is 502 g/mol. The van der Waals surface area contributed by atoms with Gasteiger partial charge in [0, 0.05) is 12.3 Å². The average molecular weight is 521 g/mol. The van der Waals surface area contributed by atoms with Crippen LogP contribution in [0.4, 0.5) is 35.1 Å². The molecule has 0 atom stereocenters. The number of hydrogen-bond acceptors (Lipinski definition) is 4. The van der Waals surface area contributed by atoms with Crippen LogP contribution in [0.25, 0.3) is 0 Å². The minimum Gasteiger partial charge on any atom is -0.429 e. The Morgan fingerprint density at radius 3 is 1.83 bits per heavy atom. The highest BCUT2D eigenvalue weighted by atomic mass is 19.4. The molecule has 0 bridgehead atoms. The fourth-order valence-electron chi connectivity index (χ4n) is 3.03. The Bertz CT molecular complexity index is 1150. The van der Waals surface area contributed by atoms with Gasteiger partial charge in [0.1, 0.15) is 28.6 Å². The van der Waals surface area contributed by atoms with Gasteiger partial charge in [-0.2, -0.15) is 17.6 Å². The van der Waals surface area contributed by atoms with Crippen LogP contribution in [-0.2, 0) is 18.6 Å². The van der Waals surface area contributed by atoms with E-state index in [1.807, 2.05) is 6.92 Å². The second-order valence-corrected chi connectivity index (χ2v) is 7.55. The number of nitrogens with zero attached hydrogens (tertiary/aromatic N) is 1. The summed E-state index contributed by atoms with van der Waals surface area (Å²) in [5.41, 5.74) is -1.32. The van der Waals surface area contributed by atoms with Gasteiger partial charge in [0.05, 0.1) is 0 Å². The Labute approximate surface area is 200 Å². The van der Waals surface area contributed by atoms with Crippen molar-refractivity contribution in [2.45, 2.75) is 44.8 Å². The summed E-state index contributed by atoms with van der Waals surface area (Å²) in [5.74, 6) is -3.65. The summed E-state index contributed by atoms with van der Waals surface area (Å²) in [6.07, 6.45) is -9.56. The Hall–Kier alpha value is -3.57. The van der Waals surface area contributed by atoms with E-state index < -0.39 is 52.9 Å². The lowest BCUT2D eigenvalue weighted by molar-refractivity contribution is -0.274. The van der Waals surface area contributed by atoms with Gasteiger partial charge in [0.2, 0.25) is 0 Å². The second kappa shape index (κ2) is 10.6. The number of aromatic nitrogens is 1. The van der Waals surface area contributed by atoms with Gasteiger partial charge < -0.3 is 14.2 Å². The Morgan fingerprint density at radius 1 is 0.722 bits per heavy atom. The summed E-state index contributed by atoms with van der Waals surface area (Å²) in [4.78, 5) is 3.67. The van der Waals surface area contributed by atoms with Gasteiger partial charge in [0.15, 0.2) is 5.69 Å². The lowest BCUT2D eigenvalue weighted by Gasteiger charge is -2.21. The number of halogens is 8. The van der Waals surface area contributed by atoms with E-state index in [2.05, 4.69) is 19.2 Å². The molecule has 0 N–H and O–H groups in total. The molecule has 0 spiro atoms. The van der Waals surface area contributed by atoms with Gasteiger partial charge in [-0.1, -0.05) is 19.4 Å². The number of unbranched alkanes of at least 4 members (excludes halogenated alkanes) is 1. The van der Waals surface area contributed by atoms with E-state index in [9.17, 15) is 35.1 Å². The summed E-state index contributed by atoms with van der Waals surface area (Å²) >= 11 is 0. The van der Waals surface area contributed by atoms with Crippen molar-refractivity contribution in [2.75, 3.05) is 0 Å². The zero-order chi connectivity index (χ0) is 26.6. The molecule has 0 radical (unpaired) electrons. The van der Waals surface area contributed by atoms with Crippen LogP contribution in [0.3, 0.4) is 0 Å². The standard InChI is InChI=1S/C24H19F8NO3/c1-2-3-4-15-5-12-21(33-14-15)23(28,29)35-18-10-11-19(20(25)13-18)22(26,27)34-16-6-8-17(9-7-16)36-24(30,31)32/h5-14H,2-4H2,1H3. The van der Waals surface area contributed by atoms with E-state index in [1.165, 1.54) is 12.3 Å². The maximum atomic E-state index is 14.5. The first-order valence-corrected chi connectivity index (χ1v) is 10.5. The highest BCUT2D eigenvalue weighted by molar-refractivity contribution is 5.34. The van der Waals surface area contributed by atoms with Crippen LogP contribution in [0.1, 0.15) is 36.6 Å². The minimum atomic E-state index is -4.98. The van der Waals surface area contributed by atoms with Gasteiger partial charge in [-0.25, -0.2) is 4.39 Å². The zero-order valence-electron chi connectivity index (χ0n) is 18.6. The smallest absolute Gasteiger partial charge is 0.429 e. The molecule has 0 unspecified atom stereocenters. The van der Waals surface area contributed by atoms with Crippen LogP contribution in [0.2, 0.25) is 0 Å². The highest BCUT2D eigenvalue weighted by Gasteiger charge is 2.40. The molecule has 194 valence electrons. The van der Waals surface area contributed by atoms with Crippen molar-refractivity contribution in [1.82, 2.24) is 4.98 Å². The predicted molar refractivity (Wildman–Crippen MR) is 111 cm³/mol. The lowest BCUT2D eigenvalue weighted by atomic mass is 10.1. The molecule has 4 nitrogen and oxygen atoms in total. The van der Waals surface area contributed by atoms with E-state index in [0.717, 1.165) is 48.7 Å². The minimum absolute atomic E-state index is 0.330. The van der Waals surface area contributed by atoms with Gasteiger partial charge in [-0.15, -0.1) is 13.2 Å². The van der Waals surface area contributed by atoms with Crippen molar-refractivity contribution in [3.63, 3.8) is 0 Å². The third kappa shape index (κ3) is 7.22. The first-order valence-electron chi connectivity index (χ1n) is 10.5. The number of pyridine rings is 1. The molecule has 1 aromatic heterocycles. The fourth-order valence-corrected chi connectivity index (χ4v) is 3.03. The summed E-state index contributed by atoms with van der Waals surface area (Å²) in [6.45, 7) is 1.98. The maximum Gasteiger partial charge on any atom is 0.573 e. The average Bonchev–Trinajstić information content (AvgIpc) is 2.78.